The number of hydrogen-bond donors (Lipinski definition) is 1. The molecule has 1 aromatic carbocycles. The Hall–Kier alpha value is -2.75. The fraction of sp³-hybridized carbons (Fsp3) is 0.273. The van der Waals surface area contributed by atoms with E-state index >= 15 is 0 Å². The summed E-state index contributed by atoms with van der Waals surface area (Å²) in [5.41, 5.74) is 1.22. The Morgan fingerprint density at radius 2 is 2.00 bits per heavy atom. The molecule has 5 rings (SSSR count). The smallest absolute Gasteiger partial charge is 0.331 e. The van der Waals surface area contributed by atoms with Crippen LogP contribution in [0.25, 0.3) is 22.2 Å². The van der Waals surface area contributed by atoms with Gasteiger partial charge in [0, 0.05) is 31.5 Å². The number of fused-ring (bicyclic) bond motifs is 3. The molecule has 7 nitrogen and oxygen atoms in total. The molecule has 166 valence electrons. The lowest BCUT2D eigenvalue weighted by atomic mass is 10.1. The van der Waals surface area contributed by atoms with Gasteiger partial charge in [-0.05, 0) is 35.9 Å². The van der Waals surface area contributed by atoms with Crippen molar-refractivity contribution in [3.8, 4) is 11.3 Å². The van der Waals surface area contributed by atoms with E-state index in [1.807, 2.05) is 4.57 Å². The summed E-state index contributed by atoms with van der Waals surface area (Å²) in [5, 5.41) is 9.87. The van der Waals surface area contributed by atoms with Gasteiger partial charge >= 0.3 is 5.69 Å². The van der Waals surface area contributed by atoms with Gasteiger partial charge < -0.3 is 14.1 Å². The molecule has 0 bridgehead atoms. The van der Waals surface area contributed by atoms with Gasteiger partial charge in [-0.2, -0.15) is 0 Å². The van der Waals surface area contributed by atoms with Crippen LogP contribution in [-0.2, 0) is 20.6 Å². The molecule has 0 amide bonds. The lowest BCUT2D eigenvalue weighted by Crippen LogP contribution is -2.37. The summed E-state index contributed by atoms with van der Waals surface area (Å²) in [7, 11) is 3.03. The first-order valence-electron chi connectivity index (χ1n) is 9.91. The molecule has 0 unspecified atom stereocenters. The summed E-state index contributed by atoms with van der Waals surface area (Å²) in [6.07, 6.45) is 0. The molecule has 0 fully saturated rings. The number of aliphatic hydroxyl groups excluding tert-OH is 1. The number of rotatable bonds is 3. The minimum absolute atomic E-state index is 0.108. The average Bonchev–Trinajstić information content (AvgIpc) is 3.37. The van der Waals surface area contributed by atoms with Crippen molar-refractivity contribution in [3.63, 3.8) is 0 Å². The zero-order valence-corrected chi connectivity index (χ0v) is 18.8. The van der Waals surface area contributed by atoms with Crippen molar-refractivity contribution in [1.29, 1.82) is 0 Å². The van der Waals surface area contributed by atoms with Crippen LogP contribution < -0.4 is 11.2 Å². The number of furan rings is 1. The van der Waals surface area contributed by atoms with E-state index in [1.165, 1.54) is 35.5 Å². The van der Waals surface area contributed by atoms with Gasteiger partial charge in [-0.3, -0.25) is 13.9 Å². The van der Waals surface area contributed by atoms with Crippen molar-refractivity contribution < 1.29 is 13.9 Å². The van der Waals surface area contributed by atoms with Gasteiger partial charge in [-0.1, -0.05) is 12.1 Å². The number of aryl methyl sites for hydroxylation is 1. The molecule has 2 atom stereocenters. The summed E-state index contributed by atoms with van der Waals surface area (Å²) < 4.78 is 24.3. The first-order valence-corrected chi connectivity index (χ1v) is 11.2. The number of benzene rings is 1. The van der Waals surface area contributed by atoms with Crippen LogP contribution in [0.1, 0.15) is 16.7 Å². The van der Waals surface area contributed by atoms with E-state index in [1.54, 1.807) is 31.3 Å². The highest BCUT2D eigenvalue weighted by molar-refractivity contribution is 8.00. The van der Waals surface area contributed by atoms with E-state index in [0.29, 0.717) is 40.2 Å². The minimum Gasteiger partial charge on any atom is -0.448 e. The van der Waals surface area contributed by atoms with Crippen LogP contribution in [0.15, 0.2) is 50.4 Å². The Labute approximate surface area is 190 Å². The van der Waals surface area contributed by atoms with Crippen LogP contribution >= 0.6 is 23.4 Å². The Balaban J connectivity index is 1.97. The third kappa shape index (κ3) is 3.07. The largest absolute Gasteiger partial charge is 0.448 e. The maximum Gasteiger partial charge on any atom is 0.331 e. The molecule has 4 aromatic rings. The van der Waals surface area contributed by atoms with Gasteiger partial charge in [0.15, 0.2) is 5.22 Å². The normalized spacial score (nSPS) is 18.3. The zero-order chi connectivity index (χ0) is 22.7. The Morgan fingerprint density at radius 3 is 2.66 bits per heavy atom. The Morgan fingerprint density at radius 1 is 1.22 bits per heavy atom. The van der Waals surface area contributed by atoms with Crippen LogP contribution in [-0.4, -0.2) is 30.7 Å². The highest BCUT2D eigenvalue weighted by Crippen LogP contribution is 2.49. The zero-order valence-electron chi connectivity index (χ0n) is 17.2. The maximum absolute atomic E-state index is 14.2. The molecule has 0 spiro atoms. The summed E-state index contributed by atoms with van der Waals surface area (Å²) in [4.78, 5) is 26.2. The third-order valence-electron chi connectivity index (χ3n) is 5.82. The molecule has 1 aliphatic heterocycles. The fourth-order valence-electron chi connectivity index (χ4n) is 4.41. The second-order valence-corrected chi connectivity index (χ2v) is 9.53. The lowest BCUT2D eigenvalue weighted by Gasteiger charge is -2.30. The van der Waals surface area contributed by atoms with E-state index in [-0.39, 0.29) is 17.1 Å². The van der Waals surface area contributed by atoms with Crippen molar-refractivity contribution in [2.75, 3.05) is 6.61 Å². The number of nitrogens with zero attached hydrogens (tertiary/aromatic N) is 3. The molecule has 1 aliphatic rings. The van der Waals surface area contributed by atoms with Gasteiger partial charge in [0.25, 0.3) is 5.56 Å². The van der Waals surface area contributed by atoms with E-state index in [9.17, 15) is 19.1 Å². The summed E-state index contributed by atoms with van der Waals surface area (Å²) in [5.74, 6) is 0.101. The summed E-state index contributed by atoms with van der Waals surface area (Å²) in [6, 6.07) is 9.36. The minimum atomic E-state index is -0.467. The van der Waals surface area contributed by atoms with E-state index < -0.39 is 22.3 Å². The van der Waals surface area contributed by atoms with Crippen LogP contribution in [0.2, 0.25) is 5.22 Å². The molecule has 1 N–H and O–H groups in total. The molecule has 3 aromatic heterocycles. The summed E-state index contributed by atoms with van der Waals surface area (Å²) >= 11 is 7.50. The van der Waals surface area contributed by atoms with Crippen molar-refractivity contribution in [2.24, 2.45) is 14.1 Å². The quantitative estimate of drug-likeness (QED) is 0.491. The highest BCUT2D eigenvalue weighted by Gasteiger charge is 2.37. The Kier molecular flexibility index (Phi) is 5.07. The van der Waals surface area contributed by atoms with E-state index in [0.717, 1.165) is 4.57 Å². The molecule has 32 heavy (non-hydrogen) atoms. The maximum atomic E-state index is 14.2. The standard InChI is InChI=1S/C22H19ClFN3O4S/c1-25-18-16(21(29)26(2)22(25)30)17(11-4-3-5-12(24)8-11)27-9-13(10-28)32-20(19(18)27)14-6-7-15(23)31-14/h3-8,13,20,28H,9-10H2,1-2H3/t13-,20-/m0/s1. The molecule has 0 aliphatic carbocycles. The first kappa shape index (κ1) is 21.1. The number of hydrogen-bond acceptors (Lipinski definition) is 5. The monoisotopic (exact) mass is 475 g/mol. The molecular weight excluding hydrogens is 457 g/mol. The topological polar surface area (TPSA) is 82.3 Å². The first-order chi connectivity index (χ1) is 15.3. The van der Waals surface area contributed by atoms with Crippen LogP contribution in [0.5, 0.6) is 0 Å². The van der Waals surface area contributed by atoms with Crippen LogP contribution in [0.4, 0.5) is 4.39 Å². The number of aromatic nitrogens is 3. The second kappa shape index (κ2) is 7.68. The Bertz CT molecular complexity index is 1490. The van der Waals surface area contributed by atoms with Crippen LogP contribution in [0, 0.1) is 5.82 Å². The third-order valence-corrected chi connectivity index (χ3v) is 7.44. The van der Waals surface area contributed by atoms with Gasteiger partial charge in [0.05, 0.1) is 28.9 Å². The van der Waals surface area contributed by atoms with Crippen molar-refractivity contribution in [1.82, 2.24) is 13.7 Å². The van der Waals surface area contributed by atoms with Gasteiger partial charge in [0.1, 0.15) is 16.8 Å². The fourth-order valence-corrected chi connectivity index (χ4v) is 5.89. The summed E-state index contributed by atoms with van der Waals surface area (Å²) in [6.45, 7) is 0.266. The van der Waals surface area contributed by atoms with Crippen molar-refractivity contribution in [2.45, 2.75) is 17.0 Å². The molecule has 0 saturated heterocycles. The van der Waals surface area contributed by atoms with Crippen molar-refractivity contribution in [3.05, 3.63) is 79.7 Å². The van der Waals surface area contributed by atoms with E-state index in [4.69, 9.17) is 16.0 Å². The predicted octanol–water partition coefficient (Wildman–Crippen LogP) is 3.29. The number of aliphatic hydroxyl groups is 1. The number of halogens is 2. The SMILES string of the molecule is Cn1c(=O)c2c(-c3cccc(F)c3)n3c(c2n(C)c1=O)[C@H](c1ccc(Cl)o1)S[C@H](CO)C3. The highest BCUT2D eigenvalue weighted by atomic mass is 35.5. The van der Waals surface area contributed by atoms with Crippen molar-refractivity contribution >= 4 is 34.3 Å². The predicted molar refractivity (Wildman–Crippen MR) is 122 cm³/mol. The molecule has 0 radical (unpaired) electrons. The average molecular weight is 476 g/mol. The number of thioether (sulfide) groups is 1. The molecule has 10 heteroatoms. The lowest BCUT2D eigenvalue weighted by molar-refractivity contribution is 0.283. The molecule has 4 heterocycles. The van der Waals surface area contributed by atoms with Gasteiger partial charge in [-0.15, -0.1) is 11.8 Å². The molecule has 0 saturated carbocycles. The van der Waals surface area contributed by atoms with Crippen LogP contribution in [0.3, 0.4) is 0 Å². The van der Waals surface area contributed by atoms with E-state index in [2.05, 4.69) is 0 Å². The van der Waals surface area contributed by atoms with Gasteiger partial charge in [0.2, 0.25) is 0 Å². The van der Waals surface area contributed by atoms with Gasteiger partial charge in [-0.25, -0.2) is 9.18 Å². The second-order valence-electron chi connectivity index (χ2n) is 7.75. The molecular formula is C22H19ClFN3O4S.